The van der Waals surface area contributed by atoms with Gasteiger partial charge in [0.1, 0.15) is 5.82 Å². The predicted octanol–water partition coefficient (Wildman–Crippen LogP) is 2.65. The van der Waals surface area contributed by atoms with Crippen LogP contribution in [0.5, 0.6) is 0 Å². The van der Waals surface area contributed by atoms with Gasteiger partial charge in [0, 0.05) is 6.20 Å². The molecule has 0 fully saturated rings. The number of carbonyl (C=O) groups is 2. The number of anilines is 1. The van der Waals surface area contributed by atoms with Crippen molar-refractivity contribution in [3.05, 3.63) is 23.4 Å². The van der Waals surface area contributed by atoms with Crippen molar-refractivity contribution in [2.24, 2.45) is 5.92 Å². The summed E-state index contributed by atoms with van der Waals surface area (Å²) in [5, 5.41) is 3.03. The van der Waals surface area contributed by atoms with Crippen molar-refractivity contribution in [2.45, 2.75) is 33.3 Å². The summed E-state index contributed by atoms with van der Waals surface area (Å²) < 4.78 is 5.06. The van der Waals surface area contributed by atoms with E-state index in [1.54, 1.807) is 19.1 Å². The van der Waals surface area contributed by atoms with Crippen LogP contribution in [0.3, 0.4) is 0 Å². The molecule has 0 saturated carbocycles. The molecule has 1 rings (SSSR count). The van der Waals surface area contributed by atoms with E-state index in [2.05, 4.69) is 10.3 Å². The van der Waals surface area contributed by atoms with E-state index in [0.29, 0.717) is 17.3 Å². The van der Waals surface area contributed by atoms with E-state index in [-0.39, 0.29) is 11.9 Å². The van der Waals surface area contributed by atoms with E-state index < -0.39 is 12.0 Å². The summed E-state index contributed by atoms with van der Waals surface area (Å²) in [5.74, 6) is -0.662. The van der Waals surface area contributed by atoms with Crippen LogP contribution >= 0.6 is 11.6 Å². The Balaban J connectivity index is 2.53. The van der Waals surface area contributed by atoms with Gasteiger partial charge in [-0.3, -0.25) is 9.59 Å². The van der Waals surface area contributed by atoms with Gasteiger partial charge in [-0.15, -0.1) is 0 Å². The highest BCUT2D eigenvalue weighted by Crippen LogP contribution is 2.11. The number of carbonyl (C=O) groups excluding carboxylic acids is 2. The summed E-state index contributed by atoms with van der Waals surface area (Å²) in [6.45, 7) is 5.16. The molecule has 0 aliphatic carbocycles. The van der Waals surface area contributed by atoms with Crippen molar-refractivity contribution < 1.29 is 14.3 Å². The van der Waals surface area contributed by atoms with Crippen LogP contribution in [0.25, 0.3) is 0 Å². The molecule has 19 heavy (non-hydrogen) atoms. The van der Waals surface area contributed by atoms with Crippen LogP contribution in [0.4, 0.5) is 5.82 Å². The first kappa shape index (κ1) is 15.4. The number of amides is 1. The zero-order chi connectivity index (χ0) is 14.4. The molecule has 0 spiro atoms. The number of ether oxygens (including phenoxy) is 1. The lowest BCUT2D eigenvalue weighted by atomic mass is 10.1. The van der Waals surface area contributed by atoms with Gasteiger partial charge < -0.3 is 10.1 Å². The molecular formula is C13H17ClN2O3. The molecule has 5 nitrogen and oxygen atoms in total. The van der Waals surface area contributed by atoms with Crippen LogP contribution in [-0.2, 0) is 14.3 Å². The summed E-state index contributed by atoms with van der Waals surface area (Å²) in [6.07, 6.45) is 1.23. The topological polar surface area (TPSA) is 68.3 Å². The maximum Gasteiger partial charge on any atom is 0.309 e. The fourth-order valence-corrected chi connectivity index (χ4v) is 1.30. The second kappa shape index (κ2) is 7.09. The van der Waals surface area contributed by atoms with E-state index in [4.69, 9.17) is 16.3 Å². The molecule has 0 aliphatic heterocycles. The Morgan fingerprint density at radius 1 is 1.42 bits per heavy atom. The van der Waals surface area contributed by atoms with Crippen molar-refractivity contribution in [1.29, 1.82) is 0 Å². The minimum absolute atomic E-state index is 0.219. The van der Waals surface area contributed by atoms with Crippen LogP contribution in [-0.4, -0.2) is 23.0 Å². The fraction of sp³-hybridized carbons (Fsp3) is 0.462. The summed E-state index contributed by atoms with van der Waals surface area (Å²) in [5.41, 5.74) is 0. The average Bonchev–Trinajstić information content (AvgIpc) is 2.40. The second-order valence-electron chi connectivity index (χ2n) is 4.24. The number of hydrogen-bond donors (Lipinski definition) is 1. The molecule has 2 atom stereocenters. The maximum absolute atomic E-state index is 11.8. The lowest BCUT2D eigenvalue weighted by Gasteiger charge is -2.15. The van der Waals surface area contributed by atoms with Gasteiger partial charge >= 0.3 is 5.97 Å². The van der Waals surface area contributed by atoms with E-state index in [9.17, 15) is 9.59 Å². The first-order valence-electron chi connectivity index (χ1n) is 6.07. The first-order chi connectivity index (χ1) is 8.93. The SMILES string of the molecule is CC[C@H](C)C(=O)O[C@H](C)C(=O)Nc1ccc(Cl)cn1. The molecule has 1 aromatic heterocycles. The largest absolute Gasteiger partial charge is 0.452 e. The minimum atomic E-state index is -0.862. The Labute approximate surface area is 117 Å². The zero-order valence-corrected chi connectivity index (χ0v) is 11.9. The molecule has 1 aromatic rings. The lowest BCUT2D eigenvalue weighted by Crippen LogP contribution is -2.31. The normalized spacial score (nSPS) is 13.5. The molecule has 1 N–H and O–H groups in total. The molecular weight excluding hydrogens is 268 g/mol. The maximum atomic E-state index is 11.8. The molecule has 104 valence electrons. The Bertz CT molecular complexity index is 448. The molecule has 0 saturated heterocycles. The predicted molar refractivity (Wildman–Crippen MR) is 72.9 cm³/mol. The number of pyridine rings is 1. The van der Waals surface area contributed by atoms with Gasteiger partial charge in [0.2, 0.25) is 0 Å². The smallest absolute Gasteiger partial charge is 0.309 e. The van der Waals surface area contributed by atoms with Crippen molar-refractivity contribution in [3.63, 3.8) is 0 Å². The van der Waals surface area contributed by atoms with E-state index in [0.717, 1.165) is 0 Å². The van der Waals surface area contributed by atoms with Gasteiger partial charge in [0.25, 0.3) is 5.91 Å². The van der Waals surface area contributed by atoms with Crippen LogP contribution in [0.15, 0.2) is 18.3 Å². The fourth-order valence-electron chi connectivity index (χ4n) is 1.19. The first-order valence-corrected chi connectivity index (χ1v) is 6.44. The number of halogens is 1. The number of nitrogens with one attached hydrogen (secondary N) is 1. The standard InChI is InChI=1S/C13H17ClN2O3/c1-4-8(2)13(18)19-9(3)12(17)16-11-6-5-10(14)7-15-11/h5-9H,4H2,1-3H3,(H,15,16,17)/t8-,9+/m0/s1. The molecule has 6 heteroatoms. The summed E-state index contributed by atoms with van der Waals surface area (Å²) in [4.78, 5) is 27.3. The highest BCUT2D eigenvalue weighted by Gasteiger charge is 2.21. The Morgan fingerprint density at radius 3 is 2.63 bits per heavy atom. The zero-order valence-electron chi connectivity index (χ0n) is 11.1. The van der Waals surface area contributed by atoms with Gasteiger partial charge in [-0.25, -0.2) is 4.98 Å². The summed E-state index contributed by atoms with van der Waals surface area (Å²) in [7, 11) is 0. The van der Waals surface area contributed by atoms with Crippen molar-refractivity contribution >= 4 is 29.3 Å². The second-order valence-corrected chi connectivity index (χ2v) is 4.68. The number of esters is 1. The van der Waals surface area contributed by atoms with Crippen molar-refractivity contribution in [2.75, 3.05) is 5.32 Å². The Hall–Kier alpha value is -1.62. The highest BCUT2D eigenvalue weighted by atomic mass is 35.5. The number of nitrogens with zero attached hydrogens (tertiary/aromatic N) is 1. The third-order valence-corrected chi connectivity index (χ3v) is 2.88. The van der Waals surface area contributed by atoms with Crippen molar-refractivity contribution in [3.8, 4) is 0 Å². The number of hydrogen-bond acceptors (Lipinski definition) is 4. The van der Waals surface area contributed by atoms with Gasteiger partial charge in [-0.05, 0) is 25.5 Å². The third kappa shape index (κ3) is 4.87. The summed E-state index contributed by atoms with van der Waals surface area (Å²) in [6, 6.07) is 3.18. The molecule has 0 unspecified atom stereocenters. The van der Waals surface area contributed by atoms with Crippen LogP contribution in [0.2, 0.25) is 5.02 Å². The van der Waals surface area contributed by atoms with Gasteiger partial charge in [-0.1, -0.05) is 25.4 Å². The minimum Gasteiger partial charge on any atom is -0.452 e. The van der Waals surface area contributed by atoms with Crippen molar-refractivity contribution in [1.82, 2.24) is 4.98 Å². The number of rotatable bonds is 5. The number of aromatic nitrogens is 1. The van der Waals surface area contributed by atoms with Gasteiger partial charge in [-0.2, -0.15) is 0 Å². The Morgan fingerprint density at radius 2 is 2.11 bits per heavy atom. The van der Waals surface area contributed by atoms with Crippen LogP contribution in [0.1, 0.15) is 27.2 Å². The highest BCUT2D eigenvalue weighted by molar-refractivity contribution is 6.30. The third-order valence-electron chi connectivity index (χ3n) is 2.66. The monoisotopic (exact) mass is 284 g/mol. The molecule has 0 bridgehead atoms. The molecule has 0 aliphatic rings. The molecule has 1 heterocycles. The molecule has 0 aromatic carbocycles. The van der Waals surface area contributed by atoms with Crippen LogP contribution < -0.4 is 5.32 Å². The van der Waals surface area contributed by atoms with E-state index in [1.807, 2.05) is 6.92 Å². The molecule has 1 amide bonds. The van der Waals surface area contributed by atoms with Gasteiger partial charge in [0.15, 0.2) is 6.10 Å². The quantitative estimate of drug-likeness (QED) is 0.844. The van der Waals surface area contributed by atoms with E-state index >= 15 is 0 Å². The average molecular weight is 285 g/mol. The van der Waals surface area contributed by atoms with Crippen LogP contribution in [0, 0.1) is 5.92 Å². The lowest BCUT2D eigenvalue weighted by molar-refractivity contribution is -0.156. The molecule has 0 radical (unpaired) electrons. The van der Waals surface area contributed by atoms with E-state index in [1.165, 1.54) is 13.1 Å². The summed E-state index contributed by atoms with van der Waals surface area (Å²) >= 11 is 5.69. The Kier molecular flexibility index (Phi) is 5.76. The van der Waals surface area contributed by atoms with Gasteiger partial charge in [0.05, 0.1) is 10.9 Å².